The Labute approximate surface area is 98.2 Å². The van der Waals surface area contributed by atoms with Crippen molar-refractivity contribution < 1.29 is 5.11 Å². The maximum absolute atomic E-state index is 9.02. The summed E-state index contributed by atoms with van der Waals surface area (Å²) in [6, 6.07) is 10.0. The molecule has 0 radical (unpaired) electrons. The third kappa shape index (κ3) is 1.79. The normalized spacial score (nSPS) is 10.9. The molecule has 4 nitrogen and oxygen atoms in total. The van der Waals surface area contributed by atoms with E-state index >= 15 is 0 Å². The summed E-state index contributed by atoms with van der Waals surface area (Å²) >= 11 is 0. The van der Waals surface area contributed by atoms with E-state index in [1.165, 1.54) is 0 Å². The van der Waals surface area contributed by atoms with Gasteiger partial charge in [-0.3, -0.25) is 4.40 Å². The van der Waals surface area contributed by atoms with Gasteiger partial charge in [0.1, 0.15) is 0 Å². The smallest absolute Gasteiger partial charge is 0.234 e. The van der Waals surface area contributed by atoms with Crippen LogP contribution in [0.3, 0.4) is 0 Å². The maximum atomic E-state index is 9.02. The number of rotatable bonds is 2. The molecule has 4 heteroatoms. The highest BCUT2D eigenvalue weighted by Gasteiger charge is 2.03. The molecule has 2 heterocycles. The number of imidazole rings is 1. The first-order valence-corrected chi connectivity index (χ1v) is 5.37. The van der Waals surface area contributed by atoms with Crippen LogP contribution in [0.4, 0.5) is 0 Å². The average Bonchev–Trinajstić information content (AvgIpc) is 2.81. The van der Waals surface area contributed by atoms with Gasteiger partial charge in [-0.15, -0.1) is 0 Å². The zero-order chi connectivity index (χ0) is 11.7. The first-order valence-electron chi connectivity index (χ1n) is 5.37. The molecule has 3 rings (SSSR count). The zero-order valence-electron chi connectivity index (χ0n) is 9.11. The second-order valence-electron chi connectivity index (χ2n) is 3.81. The molecule has 0 spiro atoms. The fourth-order valence-corrected chi connectivity index (χ4v) is 1.79. The fraction of sp³-hybridized carbons (Fsp3) is 0.0769. The van der Waals surface area contributed by atoms with Gasteiger partial charge in [0.25, 0.3) is 0 Å². The first-order chi connectivity index (χ1) is 8.36. The molecule has 0 aliphatic rings. The molecule has 2 aromatic heterocycles. The molecule has 0 atom stereocenters. The Kier molecular flexibility index (Phi) is 2.34. The summed E-state index contributed by atoms with van der Waals surface area (Å²) in [7, 11) is 0. The van der Waals surface area contributed by atoms with E-state index in [2.05, 4.69) is 9.97 Å². The van der Waals surface area contributed by atoms with Crippen LogP contribution in [0, 0.1) is 0 Å². The van der Waals surface area contributed by atoms with E-state index in [4.69, 9.17) is 5.11 Å². The highest BCUT2D eigenvalue weighted by molar-refractivity contribution is 5.62. The minimum absolute atomic E-state index is 0.0654. The van der Waals surface area contributed by atoms with E-state index in [1.54, 1.807) is 12.4 Å². The molecule has 84 valence electrons. The Bertz CT molecular complexity index is 646. The van der Waals surface area contributed by atoms with Crippen LogP contribution in [0.2, 0.25) is 0 Å². The zero-order valence-corrected chi connectivity index (χ0v) is 9.11. The average molecular weight is 225 g/mol. The summed E-state index contributed by atoms with van der Waals surface area (Å²) in [5.74, 6) is 0.605. The minimum Gasteiger partial charge on any atom is -0.390 e. The van der Waals surface area contributed by atoms with Crippen LogP contribution >= 0.6 is 0 Å². The lowest BCUT2D eigenvalue weighted by atomic mass is 10.1. The molecule has 1 N–H and O–H groups in total. The van der Waals surface area contributed by atoms with Gasteiger partial charge in [0, 0.05) is 24.2 Å². The van der Waals surface area contributed by atoms with Gasteiger partial charge < -0.3 is 5.11 Å². The number of fused-ring (bicyclic) bond motifs is 1. The lowest BCUT2D eigenvalue weighted by Gasteiger charge is -2.00. The van der Waals surface area contributed by atoms with Crippen molar-refractivity contribution in [3.05, 3.63) is 54.6 Å². The molecule has 0 aliphatic heterocycles. The molecule has 1 aromatic carbocycles. The molecule has 17 heavy (non-hydrogen) atoms. The topological polar surface area (TPSA) is 50.4 Å². The Morgan fingerprint density at radius 1 is 1.06 bits per heavy atom. The fourth-order valence-electron chi connectivity index (χ4n) is 1.79. The van der Waals surface area contributed by atoms with Crippen LogP contribution in [0.25, 0.3) is 16.9 Å². The summed E-state index contributed by atoms with van der Waals surface area (Å²) in [5, 5.41) is 9.02. The maximum Gasteiger partial charge on any atom is 0.234 e. The van der Waals surface area contributed by atoms with E-state index in [0.29, 0.717) is 11.5 Å². The quantitative estimate of drug-likeness (QED) is 0.724. The number of aliphatic hydroxyl groups excluding tert-OH is 1. The summed E-state index contributed by atoms with van der Waals surface area (Å²) < 4.78 is 1.83. The van der Waals surface area contributed by atoms with E-state index in [1.807, 2.05) is 40.9 Å². The predicted molar refractivity (Wildman–Crippen MR) is 64.3 cm³/mol. The van der Waals surface area contributed by atoms with Crippen molar-refractivity contribution in [1.82, 2.24) is 14.4 Å². The largest absolute Gasteiger partial charge is 0.390 e. The third-order valence-electron chi connectivity index (χ3n) is 2.63. The second kappa shape index (κ2) is 3.99. The van der Waals surface area contributed by atoms with Crippen molar-refractivity contribution in [2.24, 2.45) is 0 Å². The number of aliphatic hydroxyl groups is 1. The lowest BCUT2D eigenvalue weighted by Crippen LogP contribution is -1.88. The molecule has 0 saturated carbocycles. The second-order valence-corrected chi connectivity index (χ2v) is 3.81. The molecular weight excluding hydrogens is 214 g/mol. The minimum atomic E-state index is -0.0654. The van der Waals surface area contributed by atoms with Gasteiger partial charge in [0.2, 0.25) is 5.78 Å². The Morgan fingerprint density at radius 3 is 2.65 bits per heavy atom. The van der Waals surface area contributed by atoms with Gasteiger partial charge in [-0.05, 0) is 5.56 Å². The highest BCUT2D eigenvalue weighted by Crippen LogP contribution is 2.18. The van der Waals surface area contributed by atoms with Crippen molar-refractivity contribution >= 4 is 5.78 Å². The van der Waals surface area contributed by atoms with Crippen molar-refractivity contribution in [2.75, 3.05) is 0 Å². The molecule has 0 amide bonds. The molecular formula is C13H11N3O. The van der Waals surface area contributed by atoms with Gasteiger partial charge in [-0.1, -0.05) is 30.3 Å². The summed E-state index contributed by atoms with van der Waals surface area (Å²) in [6.07, 6.45) is 5.54. The number of benzene rings is 1. The van der Waals surface area contributed by atoms with Gasteiger partial charge in [0.15, 0.2) is 0 Å². The molecule has 0 bridgehead atoms. The lowest BCUT2D eigenvalue weighted by molar-refractivity contribution is 0.277. The van der Waals surface area contributed by atoms with E-state index in [9.17, 15) is 0 Å². The first kappa shape index (κ1) is 9.99. The highest BCUT2D eigenvalue weighted by atomic mass is 16.3. The summed E-state index contributed by atoms with van der Waals surface area (Å²) in [4.78, 5) is 8.43. The number of hydrogen-bond donors (Lipinski definition) is 1. The van der Waals surface area contributed by atoms with Crippen LogP contribution in [-0.4, -0.2) is 19.5 Å². The van der Waals surface area contributed by atoms with Crippen molar-refractivity contribution in [1.29, 1.82) is 0 Å². The van der Waals surface area contributed by atoms with Crippen molar-refractivity contribution in [3.63, 3.8) is 0 Å². The Morgan fingerprint density at radius 2 is 1.88 bits per heavy atom. The van der Waals surface area contributed by atoms with Gasteiger partial charge in [-0.2, -0.15) is 0 Å². The monoisotopic (exact) mass is 225 g/mol. The van der Waals surface area contributed by atoms with Crippen LogP contribution in [0.1, 0.15) is 5.69 Å². The molecule has 0 saturated heterocycles. The standard InChI is InChI=1S/C13H11N3O/c17-9-12-8-16-7-11(6-14-13(16)15-12)10-4-2-1-3-5-10/h1-8,17H,9H2. The van der Waals surface area contributed by atoms with Crippen molar-refractivity contribution in [3.8, 4) is 11.1 Å². The van der Waals surface area contributed by atoms with Crippen molar-refractivity contribution in [2.45, 2.75) is 6.61 Å². The molecule has 0 unspecified atom stereocenters. The van der Waals surface area contributed by atoms with Crippen LogP contribution < -0.4 is 0 Å². The van der Waals surface area contributed by atoms with E-state index < -0.39 is 0 Å². The molecule has 3 aromatic rings. The summed E-state index contributed by atoms with van der Waals surface area (Å²) in [5.41, 5.74) is 2.77. The van der Waals surface area contributed by atoms with Gasteiger partial charge >= 0.3 is 0 Å². The molecule has 0 fully saturated rings. The number of hydrogen-bond acceptors (Lipinski definition) is 3. The van der Waals surface area contributed by atoms with Gasteiger partial charge in [0.05, 0.1) is 12.3 Å². The summed E-state index contributed by atoms with van der Waals surface area (Å²) in [6.45, 7) is -0.0654. The van der Waals surface area contributed by atoms with Crippen LogP contribution in [-0.2, 0) is 6.61 Å². The number of aromatic nitrogens is 3. The van der Waals surface area contributed by atoms with E-state index in [-0.39, 0.29) is 6.61 Å². The number of nitrogens with zero attached hydrogens (tertiary/aromatic N) is 3. The Hall–Kier alpha value is -2.20. The van der Waals surface area contributed by atoms with Crippen LogP contribution in [0.15, 0.2) is 48.9 Å². The Balaban J connectivity index is 2.13. The SMILES string of the molecule is OCc1cn2cc(-c3ccccc3)cnc2n1. The van der Waals surface area contributed by atoms with E-state index in [0.717, 1.165) is 11.1 Å². The molecule has 0 aliphatic carbocycles. The van der Waals surface area contributed by atoms with Crippen LogP contribution in [0.5, 0.6) is 0 Å². The third-order valence-corrected chi connectivity index (χ3v) is 2.63. The van der Waals surface area contributed by atoms with Gasteiger partial charge in [-0.25, -0.2) is 9.97 Å². The predicted octanol–water partition coefficient (Wildman–Crippen LogP) is 1.89.